The van der Waals surface area contributed by atoms with Gasteiger partial charge in [0.1, 0.15) is 30.2 Å². The largest absolute Gasteiger partial charge is 0.462 e. The van der Waals surface area contributed by atoms with Gasteiger partial charge in [0.2, 0.25) is 23.6 Å². The molecule has 630 valence electrons. The Morgan fingerprint density at radius 3 is 0.981 bits per heavy atom. The Hall–Kier alpha value is -4.14. The van der Waals surface area contributed by atoms with Crippen LogP contribution in [-0.2, 0) is 84.5 Å². The molecule has 0 aliphatic carbocycles. The molecule has 0 rings (SSSR count). The Kier molecular flexibility index (Phi) is 71.4. The Morgan fingerprint density at radius 2 is 0.620 bits per heavy atom. The minimum absolute atomic E-state index is 0.0567. The highest BCUT2D eigenvalue weighted by Gasteiger charge is 2.26. The van der Waals surface area contributed by atoms with Crippen LogP contribution < -0.4 is 21.3 Å². The number of unbranched alkanes of at least 4 members (excludes halogenated alkanes) is 31. The third kappa shape index (κ3) is 70.9. The maximum Gasteiger partial charge on any atom is 0.327 e. The molecule has 0 saturated heterocycles. The lowest BCUT2D eigenvalue weighted by Crippen LogP contribution is -2.42. The van der Waals surface area contributed by atoms with Gasteiger partial charge in [0.15, 0.2) is 0 Å². The first-order valence-electron chi connectivity index (χ1n) is 42.9. The molecule has 0 saturated carbocycles. The fourth-order valence-electron chi connectivity index (χ4n) is 12.1. The van der Waals surface area contributed by atoms with Crippen molar-refractivity contribution in [3.8, 4) is 0 Å². The number of carbonyl (C=O) groups is 8. The molecule has 0 aromatic heterocycles. The van der Waals surface area contributed by atoms with Gasteiger partial charge >= 0.3 is 27.1 Å². The van der Waals surface area contributed by atoms with Crippen LogP contribution in [0.15, 0.2) is 24.3 Å². The zero-order chi connectivity index (χ0) is 79.7. The molecule has 108 heavy (non-hydrogen) atoms. The van der Waals surface area contributed by atoms with Gasteiger partial charge in [-0.1, -0.05) is 239 Å². The topological polar surface area (TPSA) is 293 Å². The maximum atomic E-state index is 13.6. The molecule has 6 unspecified atom stereocenters. The van der Waals surface area contributed by atoms with Gasteiger partial charge in [-0.05, 0) is 89.9 Å². The zero-order valence-electron chi connectivity index (χ0n) is 69.3. The average Bonchev–Trinajstić information content (AvgIpc) is 0.908. The highest BCUT2D eigenvalue weighted by molar-refractivity contribution is 7.53. The Morgan fingerprint density at radius 1 is 0.315 bits per heavy atom. The van der Waals surface area contributed by atoms with Crippen molar-refractivity contribution < 1.29 is 84.5 Å². The van der Waals surface area contributed by atoms with E-state index in [1.54, 1.807) is 0 Å². The van der Waals surface area contributed by atoms with Crippen LogP contribution in [0.5, 0.6) is 0 Å². The molecule has 0 aliphatic rings. The monoisotopic (exact) mass is 1570 g/mol. The predicted octanol–water partition coefficient (Wildman–Crippen LogP) is 19.6. The molecule has 4 N–H and O–H groups in total. The van der Waals surface area contributed by atoms with E-state index in [4.69, 9.17) is 37.0 Å². The van der Waals surface area contributed by atoms with Crippen molar-refractivity contribution >= 4 is 62.3 Å². The molecule has 0 spiro atoms. The summed E-state index contributed by atoms with van der Waals surface area (Å²) in [6, 6.07) is -1.65. The number of ether oxygens (including phenoxy) is 4. The van der Waals surface area contributed by atoms with Crippen LogP contribution in [0.1, 0.15) is 363 Å². The van der Waals surface area contributed by atoms with Crippen molar-refractivity contribution in [1.29, 1.82) is 0 Å². The van der Waals surface area contributed by atoms with Crippen molar-refractivity contribution in [3.63, 3.8) is 0 Å². The molecular formula is C84H156N4O18P2. The van der Waals surface area contributed by atoms with Crippen LogP contribution in [0, 0.1) is 0 Å². The molecule has 22 nitrogen and oxygen atoms in total. The molecule has 0 heterocycles. The van der Waals surface area contributed by atoms with Gasteiger partial charge in [-0.3, -0.25) is 47.5 Å². The lowest BCUT2D eigenvalue weighted by Gasteiger charge is -2.22. The van der Waals surface area contributed by atoms with Crippen molar-refractivity contribution in [1.82, 2.24) is 21.3 Å². The summed E-state index contributed by atoms with van der Waals surface area (Å²) in [6.45, 7) is 14.5. The third-order valence-electron chi connectivity index (χ3n) is 18.6. The number of rotatable bonds is 81. The van der Waals surface area contributed by atoms with E-state index in [1.165, 1.54) is 129 Å². The van der Waals surface area contributed by atoms with Crippen LogP contribution >= 0.6 is 15.2 Å². The van der Waals surface area contributed by atoms with Crippen LogP contribution in [0.3, 0.4) is 0 Å². The quantitative estimate of drug-likeness (QED) is 0.0145. The van der Waals surface area contributed by atoms with E-state index < -0.39 is 57.3 Å². The minimum atomic E-state index is -3.80. The number of Topliss-reactive ketones (excluding diaryl/α,β-unsaturated/α-hetero) is 2. The highest BCUT2D eigenvalue weighted by Crippen LogP contribution is 2.44. The Labute approximate surface area is 655 Å². The second-order valence-electron chi connectivity index (χ2n) is 29.5. The highest BCUT2D eigenvalue weighted by atomic mass is 31.2. The van der Waals surface area contributed by atoms with E-state index >= 15 is 0 Å². The van der Waals surface area contributed by atoms with E-state index in [0.717, 1.165) is 109 Å². The number of allylic oxidation sites excluding steroid dienone is 4. The maximum absolute atomic E-state index is 13.6. The summed E-state index contributed by atoms with van der Waals surface area (Å²) in [5.41, 5.74) is 0. The van der Waals surface area contributed by atoms with Crippen LogP contribution in [0.25, 0.3) is 0 Å². The summed E-state index contributed by atoms with van der Waals surface area (Å²) in [7, 11) is -7.61. The zero-order valence-corrected chi connectivity index (χ0v) is 71.1. The number of amides is 4. The smallest absolute Gasteiger partial charge is 0.327 e. The van der Waals surface area contributed by atoms with E-state index in [-0.39, 0.29) is 114 Å². The van der Waals surface area contributed by atoms with Gasteiger partial charge in [-0.25, -0.2) is 0 Å². The predicted molar refractivity (Wildman–Crippen MR) is 435 cm³/mol. The first-order chi connectivity index (χ1) is 52.2. The summed E-state index contributed by atoms with van der Waals surface area (Å²) >= 11 is 0. The van der Waals surface area contributed by atoms with Crippen molar-refractivity contribution in [2.75, 3.05) is 79.3 Å². The normalized spacial score (nSPS) is 13.9. The SMILES string of the molecule is CCCCCC/C=C\CCCC(=O)OC(CCCCC)CCOCC(COP(C)(=O)OCCNC(=O)CC(=O)NCCOP(C)(=O)OCC(COCCC(CCCCCC)OC(=O)CCC/C=C\CCCCCC)NC(=O)CC(=O)CCCCCCCCCCC)NC(=O)CC(=O)CCCCCCCCCCC. The van der Waals surface area contributed by atoms with Crippen molar-refractivity contribution in [2.45, 2.75) is 387 Å². The summed E-state index contributed by atoms with van der Waals surface area (Å²) < 4.78 is 73.7. The van der Waals surface area contributed by atoms with Crippen molar-refractivity contribution in [2.24, 2.45) is 0 Å². The van der Waals surface area contributed by atoms with Gasteiger partial charge in [0, 0.05) is 64.9 Å². The standard InChI is InChI=1S/C84H156N4O18P2/c1-9-15-21-26-30-34-38-42-47-52-75(89)66-81(93)87-73(69-99-62-58-77(54-46-20-14-6)105-83(95)56-50-44-40-36-32-28-23-17-11-3)71-103-107(7,97)101-64-60-85-79(91)68-80(92)86-61-65-102-108(8,98)104-72-74(88-82(94)67-76(90)53-48-43-39-35-31-27-22-16-10-2)70-100-63-59-78(55-49-25-19-13-5)106-84(96)57-51-45-41-37-33-29-24-18-12-4/h36-37,40-41,73-74,77-78H,9-35,38-39,42-72H2,1-8H3,(H,85,91)(H,86,92)(H,87,93)(H,88,94)/b40-36-,41-37-. The van der Waals surface area contributed by atoms with E-state index in [0.29, 0.717) is 77.0 Å². The summed E-state index contributed by atoms with van der Waals surface area (Å²) in [5, 5.41) is 10.7. The molecule has 6 atom stereocenters. The second kappa shape index (κ2) is 74.3. The van der Waals surface area contributed by atoms with Gasteiger partial charge in [-0.15, -0.1) is 0 Å². The number of esters is 2. The van der Waals surface area contributed by atoms with Crippen molar-refractivity contribution in [3.05, 3.63) is 24.3 Å². The lowest BCUT2D eigenvalue weighted by atomic mass is 10.0. The number of hydrogen-bond acceptors (Lipinski definition) is 18. The van der Waals surface area contributed by atoms with E-state index in [1.807, 2.05) is 0 Å². The molecule has 0 aromatic carbocycles. The first kappa shape index (κ1) is 104. The summed E-state index contributed by atoms with van der Waals surface area (Å²) in [5.74, 6) is -3.21. The Balaban J connectivity index is 5.58. The van der Waals surface area contributed by atoms with Crippen LogP contribution in [0.4, 0.5) is 0 Å². The van der Waals surface area contributed by atoms with Gasteiger partial charge in [0.25, 0.3) is 0 Å². The second-order valence-corrected chi connectivity index (χ2v) is 33.6. The molecule has 0 bridgehead atoms. The lowest BCUT2D eigenvalue weighted by molar-refractivity contribution is -0.151. The van der Waals surface area contributed by atoms with Crippen LogP contribution in [0.2, 0.25) is 0 Å². The van der Waals surface area contributed by atoms with Crippen LogP contribution in [-0.4, -0.2) is 151 Å². The summed E-state index contributed by atoms with van der Waals surface area (Å²) in [6.07, 6.45) is 51.8. The molecule has 0 radical (unpaired) electrons. The van der Waals surface area contributed by atoms with Gasteiger partial charge in [-0.2, -0.15) is 0 Å². The average molecular weight is 1570 g/mol. The Bertz CT molecular complexity index is 2430. The molecule has 4 amide bonds. The fraction of sp³-hybridized carbons (Fsp3) is 0.857. The minimum Gasteiger partial charge on any atom is -0.462 e. The molecule has 0 fully saturated rings. The number of ketones is 2. The number of nitrogens with one attached hydrogen (secondary N) is 4. The fourth-order valence-corrected chi connectivity index (χ4v) is 14.0. The van der Waals surface area contributed by atoms with E-state index in [2.05, 4.69) is 87.1 Å². The number of hydrogen-bond donors (Lipinski definition) is 4. The molecule has 0 aliphatic heterocycles. The molecule has 24 heteroatoms. The third-order valence-corrected chi connectivity index (χ3v) is 21.1. The molecular weight excluding hydrogens is 1410 g/mol. The van der Waals surface area contributed by atoms with Gasteiger partial charge in [0.05, 0.1) is 77.8 Å². The first-order valence-corrected chi connectivity index (χ1v) is 46.9. The van der Waals surface area contributed by atoms with Gasteiger partial charge < -0.3 is 58.3 Å². The van der Waals surface area contributed by atoms with E-state index in [9.17, 15) is 47.5 Å². The summed E-state index contributed by atoms with van der Waals surface area (Å²) in [4.78, 5) is 104. The molecule has 0 aromatic rings. The number of carbonyl (C=O) groups excluding carboxylic acids is 8.